The van der Waals surface area contributed by atoms with E-state index in [1.54, 1.807) is 24.3 Å². The maximum Gasteiger partial charge on any atom is 0.305 e. The molecule has 2 aromatic rings. The Morgan fingerprint density at radius 1 is 1.17 bits per heavy atom. The van der Waals surface area contributed by atoms with Crippen LogP contribution in [0.1, 0.15) is 28.4 Å². The molecule has 0 spiro atoms. The van der Waals surface area contributed by atoms with Gasteiger partial charge in [-0.25, -0.2) is 0 Å². The molecule has 0 aliphatic heterocycles. The minimum atomic E-state index is -0.975. The third kappa shape index (κ3) is 4.41. The molecule has 23 heavy (non-hydrogen) atoms. The SMILES string of the molecule is NC(CC(=O)O)c1ccc(NC(=O)c2c(Cl)cncc2Cl)cc1. The second-order valence-corrected chi connectivity index (χ2v) is 5.57. The summed E-state index contributed by atoms with van der Waals surface area (Å²) < 4.78 is 0. The Morgan fingerprint density at radius 2 is 1.74 bits per heavy atom. The Kier molecular flexibility index (Phi) is 5.54. The fourth-order valence-electron chi connectivity index (χ4n) is 1.94. The molecule has 1 heterocycles. The first-order chi connectivity index (χ1) is 10.9. The number of hydrogen-bond acceptors (Lipinski definition) is 4. The molecule has 1 aromatic heterocycles. The number of carbonyl (C=O) groups excluding carboxylic acids is 1. The number of nitrogens with one attached hydrogen (secondary N) is 1. The standard InChI is InChI=1S/C15H13Cl2N3O3/c16-10-6-19-7-11(17)14(10)15(23)20-9-3-1-8(2-4-9)12(18)5-13(21)22/h1-4,6-7,12H,5,18H2,(H,20,23)(H,21,22). The van der Waals surface area contributed by atoms with Crippen molar-refractivity contribution >= 4 is 40.8 Å². The first-order valence-electron chi connectivity index (χ1n) is 6.56. The number of carboxylic acid groups (broad SMARTS) is 1. The van der Waals surface area contributed by atoms with Gasteiger partial charge in [-0.2, -0.15) is 0 Å². The van der Waals surface area contributed by atoms with Gasteiger partial charge in [0.2, 0.25) is 0 Å². The number of halogens is 2. The zero-order chi connectivity index (χ0) is 17.0. The molecule has 4 N–H and O–H groups in total. The van der Waals surface area contributed by atoms with Gasteiger partial charge in [-0.3, -0.25) is 14.6 Å². The molecule has 0 aliphatic carbocycles. The number of carboxylic acids is 1. The van der Waals surface area contributed by atoms with E-state index in [-0.39, 0.29) is 22.0 Å². The molecule has 1 amide bonds. The van der Waals surface area contributed by atoms with Gasteiger partial charge >= 0.3 is 5.97 Å². The van der Waals surface area contributed by atoms with E-state index in [1.807, 2.05) is 0 Å². The first-order valence-corrected chi connectivity index (χ1v) is 7.31. The van der Waals surface area contributed by atoms with Crippen LogP contribution in [0.3, 0.4) is 0 Å². The van der Waals surface area contributed by atoms with Crippen LogP contribution in [-0.4, -0.2) is 22.0 Å². The Hall–Kier alpha value is -2.15. The van der Waals surface area contributed by atoms with Crippen molar-refractivity contribution in [1.82, 2.24) is 4.98 Å². The summed E-state index contributed by atoms with van der Waals surface area (Å²) in [6.45, 7) is 0. The van der Waals surface area contributed by atoms with E-state index < -0.39 is 17.9 Å². The lowest BCUT2D eigenvalue weighted by Crippen LogP contribution is -2.16. The van der Waals surface area contributed by atoms with Crippen LogP contribution < -0.4 is 11.1 Å². The Morgan fingerprint density at radius 3 is 2.26 bits per heavy atom. The predicted octanol–water partition coefficient (Wildman–Crippen LogP) is 3.12. The highest BCUT2D eigenvalue weighted by Crippen LogP contribution is 2.24. The van der Waals surface area contributed by atoms with E-state index in [9.17, 15) is 9.59 Å². The van der Waals surface area contributed by atoms with Crippen molar-refractivity contribution in [2.24, 2.45) is 5.73 Å². The molecular formula is C15H13Cl2N3O3. The van der Waals surface area contributed by atoms with Gasteiger partial charge in [0.15, 0.2) is 0 Å². The quantitative estimate of drug-likeness (QED) is 0.765. The molecule has 0 saturated heterocycles. The highest BCUT2D eigenvalue weighted by molar-refractivity contribution is 6.40. The van der Waals surface area contributed by atoms with Crippen LogP contribution >= 0.6 is 23.2 Å². The zero-order valence-corrected chi connectivity index (χ0v) is 13.3. The number of nitrogens with zero attached hydrogens (tertiary/aromatic N) is 1. The van der Waals surface area contributed by atoms with Gasteiger partial charge in [0.25, 0.3) is 5.91 Å². The summed E-state index contributed by atoms with van der Waals surface area (Å²) in [4.78, 5) is 26.6. The number of amides is 1. The maximum atomic E-state index is 12.2. The van der Waals surface area contributed by atoms with Gasteiger partial charge in [0.1, 0.15) is 0 Å². The van der Waals surface area contributed by atoms with Crippen molar-refractivity contribution in [2.75, 3.05) is 5.32 Å². The number of carbonyl (C=O) groups is 2. The van der Waals surface area contributed by atoms with Crippen molar-refractivity contribution in [3.05, 3.63) is 57.8 Å². The van der Waals surface area contributed by atoms with Gasteiger partial charge in [-0.05, 0) is 17.7 Å². The molecule has 1 unspecified atom stereocenters. The lowest BCUT2D eigenvalue weighted by atomic mass is 10.0. The van der Waals surface area contributed by atoms with Crippen molar-refractivity contribution < 1.29 is 14.7 Å². The third-order valence-corrected chi connectivity index (χ3v) is 3.64. The normalized spacial score (nSPS) is 11.8. The summed E-state index contributed by atoms with van der Waals surface area (Å²) >= 11 is 11.9. The van der Waals surface area contributed by atoms with Crippen molar-refractivity contribution in [3.63, 3.8) is 0 Å². The summed E-state index contributed by atoms with van der Waals surface area (Å²) in [5, 5.41) is 11.7. The minimum absolute atomic E-state index is 0.134. The topological polar surface area (TPSA) is 105 Å². The number of rotatable bonds is 5. The van der Waals surface area contributed by atoms with Crippen molar-refractivity contribution in [2.45, 2.75) is 12.5 Å². The monoisotopic (exact) mass is 353 g/mol. The van der Waals surface area contributed by atoms with Gasteiger partial charge in [-0.1, -0.05) is 35.3 Å². The molecule has 120 valence electrons. The van der Waals surface area contributed by atoms with E-state index in [2.05, 4.69) is 10.3 Å². The highest BCUT2D eigenvalue weighted by atomic mass is 35.5. The summed E-state index contributed by atoms with van der Waals surface area (Å²) in [6, 6.07) is 5.94. The number of anilines is 1. The number of nitrogens with two attached hydrogens (primary N) is 1. The van der Waals surface area contributed by atoms with Gasteiger partial charge in [0.05, 0.1) is 22.0 Å². The Balaban J connectivity index is 2.12. The van der Waals surface area contributed by atoms with E-state index in [1.165, 1.54) is 12.4 Å². The van der Waals surface area contributed by atoms with E-state index in [0.29, 0.717) is 11.3 Å². The highest BCUT2D eigenvalue weighted by Gasteiger charge is 2.16. The molecule has 0 radical (unpaired) electrons. The number of pyridine rings is 1. The number of hydrogen-bond donors (Lipinski definition) is 3. The fraction of sp³-hybridized carbons (Fsp3) is 0.133. The summed E-state index contributed by atoms with van der Waals surface area (Å²) in [7, 11) is 0. The van der Waals surface area contributed by atoms with E-state index >= 15 is 0 Å². The first kappa shape index (κ1) is 17.2. The molecule has 0 bridgehead atoms. The second kappa shape index (κ2) is 7.41. The average Bonchev–Trinajstić information content (AvgIpc) is 2.47. The minimum Gasteiger partial charge on any atom is -0.481 e. The molecule has 2 rings (SSSR count). The molecule has 6 nitrogen and oxygen atoms in total. The van der Waals surface area contributed by atoms with Crippen LogP contribution in [0, 0.1) is 0 Å². The second-order valence-electron chi connectivity index (χ2n) is 4.76. The maximum absolute atomic E-state index is 12.2. The summed E-state index contributed by atoms with van der Waals surface area (Å²) in [5.41, 5.74) is 7.06. The largest absolute Gasteiger partial charge is 0.481 e. The van der Waals surface area contributed by atoms with Crippen LogP contribution in [0.4, 0.5) is 5.69 Å². The van der Waals surface area contributed by atoms with Gasteiger partial charge < -0.3 is 16.2 Å². The summed E-state index contributed by atoms with van der Waals surface area (Å²) in [5.74, 6) is -1.44. The van der Waals surface area contributed by atoms with Crippen LogP contribution in [0.15, 0.2) is 36.7 Å². The molecule has 1 aromatic carbocycles. The molecule has 1 atom stereocenters. The number of benzene rings is 1. The van der Waals surface area contributed by atoms with E-state index in [4.69, 9.17) is 34.0 Å². The van der Waals surface area contributed by atoms with Gasteiger partial charge in [-0.15, -0.1) is 0 Å². The number of aromatic nitrogens is 1. The van der Waals surface area contributed by atoms with Crippen LogP contribution in [0.2, 0.25) is 10.0 Å². The van der Waals surface area contributed by atoms with Crippen LogP contribution in [0.25, 0.3) is 0 Å². The zero-order valence-electron chi connectivity index (χ0n) is 11.8. The van der Waals surface area contributed by atoms with E-state index in [0.717, 1.165) is 0 Å². The van der Waals surface area contributed by atoms with Crippen molar-refractivity contribution in [1.29, 1.82) is 0 Å². The van der Waals surface area contributed by atoms with Crippen LogP contribution in [0.5, 0.6) is 0 Å². The lowest BCUT2D eigenvalue weighted by molar-refractivity contribution is -0.137. The Labute approximate surface area is 142 Å². The predicted molar refractivity (Wildman–Crippen MR) is 87.8 cm³/mol. The third-order valence-electron chi connectivity index (χ3n) is 3.07. The molecule has 0 saturated carbocycles. The lowest BCUT2D eigenvalue weighted by Gasteiger charge is -2.11. The molecule has 0 fully saturated rings. The molecule has 8 heteroatoms. The fourth-order valence-corrected chi connectivity index (χ4v) is 2.48. The smallest absolute Gasteiger partial charge is 0.305 e. The number of aliphatic carboxylic acids is 1. The molecular weight excluding hydrogens is 341 g/mol. The Bertz CT molecular complexity index is 715. The average molecular weight is 354 g/mol. The molecule has 0 aliphatic rings. The van der Waals surface area contributed by atoms with Crippen LogP contribution in [-0.2, 0) is 4.79 Å². The van der Waals surface area contributed by atoms with Crippen molar-refractivity contribution in [3.8, 4) is 0 Å². The van der Waals surface area contributed by atoms with Gasteiger partial charge in [0, 0.05) is 24.1 Å². The summed E-state index contributed by atoms with van der Waals surface area (Å²) in [6.07, 6.45) is 2.49.